The first-order valence-electron chi connectivity index (χ1n) is 6.39. The van der Waals surface area contributed by atoms with E-state index in [0.29, 0.717) is 17.1 Å². The number of benzene rings is 1. The fourth-order valence-electron chi connectivity index (χ4n) is 1.81. The number of nitrogen functional groups attached to an aromatic ring is 2. The fraction of sp³-hybridized carbons (Fsp3) is 0.200. The van der Waals surface area contributed by atoms with Crippen molar-refractivity contribution in [2.75, 3.05) is 18.6 Å². The van der Waals surface area contributed by atoms with Gasteiger partial charge in [-0.2, -0.15) is 0 Å². The third kappa shape index (κ3) is 3.88. The van der Waals surface area contributed by atoms with Crippen LogP contribution in [0.2, 0.25) is 0 Å². The van der Waals surface area contributed by atoms with Gasteiger partial charge in [0.1, 0.15) is 5.75 Å². The Morgan fingerprint density at radius 1 is 1.33 bits per heavy atom. The van der Waals surface area contributed by atoms with Gasteiger partial charge in [-0.05, 0) is 31.2 Å². The topological polar surface area (TPSA) is 86.5 Å². The van der Waals surface area contributed by atoms with Crippen molar-refractivity contribution in [1.82, 2.24) is 4.98 Å². The molecule has 0 aliphatic rings. The molecule has 0 spiro atoms. The van der Waals surface area contributed by atoms with Gasteiger partial charge in [0.25, 0.3) is 0 Å². The minimum absolute atomic E-state index is 0.608. The molecular formula is C15H18N4OS. The number of anilines is 2. The van der Waals surface area contributed by atoms with Crippen LogP contribution in [0.1, 0.15) is 11.3 Å². The highest BCUT2D eigenvalue weighted by atomic mass is 32.2. The molecule has 21 heavy (non-hydrogen) atoms. The maximum Gasteiger partial charge on any atom is 0.125 e. The maximum absolute atomic E-state index is 5.84. The van der Waals surface area contributed by atoms with Crippen molar-refractivity contribution >= 4 is 34.4 Å². The number of ether oxygens (including phenoxy) is 1. The molecule has 1 heterocycles. The fourth-order valence-corrected chi connectivity index (χ4v) is 2.52. The van der Waals surface area contributed by atoms with E-state index in [4.69, 9.17) is 16.2 Å². The number of nitrogens with zero attached hydrogens (tertiary/aromatic N) is 2. The van der Waals surface area contributed by atoms with Crippen LogP contribution in [0.3, 0.4) is 0 Å². The molecule has 5 nitrogen and oxygen atoms in total. The second-order valence-electron chi connectivity index (χ2n) is 4.45. The van der Waals surface area contributed by atoms with Crippen LogP contribution in [0.5, 0.6) is 5.75 Å². The van der Waals surface area contributed by atoms with E-state index in [1.54, 1.807) is 48.8 Å². The van der Waals surface area contributed by atoms with E-state index in [1.165, 1.54) is 0 Å². The Morgan fingerprint density at radius 3 is 2.90 bits per heavy atom. The van der Waals surface area contributed by atoms with E-state index >= 15 is 0 Å². The standard InChI is InChI=1S/C15H18N4OS/c1-10-14(18-6-5-15(10)20-2)8-21-9-19-13-7-11(16)3-4-12(13)17/h3-7,9H,8,16-17H2,1-2H3. The second-order valence-corrected chi connectivity index (χ2v) is 5.28. The van der Waals surface area contributed by atoms with Gasteiger partial charge in [0.15, 0.2) is 0 Å². The molecule has 110 valence electrons. The van der Waals surface area contributed by atoms with Gasteiger partial charge < -0.3 is 16.2 Å². The van der Waals surface area contributed by atoms with E-state index in [0.717, 1.165) is 22.8 Å². The molecule has 0 aliphatic carbocycles. The predicted octanol–water partition coefficient (Wildman–Crippen LogP) is 3.16. The summed E-state index contributed by atoms with van der Waals surface area (Å²) in [5, 5.41) is 0. The zero-order valence-corrected chi connectivity index (χ0v) is 12.9. The first-order chi connectivity index (χ1) is 10.1. The Kier molecular flexibility index (Phi) is 5.05. The summed E-state index contributed by atoms with van der Waals surface area (Å²) in [6.07, 6.45) is 1.74. The summed E-state index contributed by atoms with van der Waals surface area (Å²) in [6.45, 7) is 1.99. The Bertz CT molecular complexity index is 658. The number of hydrogen-bond acceptors (Lipinski definition) is 6. The highest BCUT2D eigenvalue weighted by Gasteiger charge is 2.05. The molecule has 2 rings (SSSR count). The Morgan fingerprint density at radius 2 is 2.14 bits per heavy atom. The Hall–Kier alpha value is -2.21. The third-order valence-electron chi connectivity index (χ3n) is 3.02. The highest BCUT2D eigenvalue weighted by Crippen LogP contribution is 2.25. The molecule has 0 saturated carbocycles. The van der Waals surface area contributed by atoms with Crippen molar-refractivity contribution in [3.05, 3.63) is 41.7 Å². The number of rotatable bonds is 5. The molecule has 4 N–H and O–H groups in total. The average molecular weight is 302 g/mol. The average Bonchev–Trinajstić information content (AvgIpc) is 2.48. The van der Waals surface area contributed by atoms with Gasteiger partial charge in [0.05, 0.1) is 29.7 Å². The number of aliphatic imine (C=N–C) groups is 1. The van der Waals surface area contributed by atoms with E-state index in [2.05, 4.69) is 9.98 Å². The molecule has 6 heteroatoms. The van der Waals surface area contributed by atoms with Crippen LogP contribution < -0.4 is 16.2 Å². The van der Waals surface area contributed by atoms with E-state index in [1.807, 2.05) is 13.0 Å². The smallest absolute Gasteiger partial charge is 0.125 e. The molecule has 0 bridgehead atoms. The summed E-state index contributed by atoms with van der Waals surface area (Å²) >= 11 is 1.54. The summed E-state index contributed by atoms with van der Waals surface area (Å²) in [6, 6.07) is 7.11. The van der Waals surface area contributed by atoms with Gasteiger partial charge in [-0.1, -0.05) is 0 Å². The van der Waals surface area contributed by atoms with Crippen LogP contribution in [-0.4, -0.2) is 17.6 Å². The summed E-state index contributed by atoms with van der Waals surface area (Å²) < 4.78 is 5.28. The molecule has 0 fully saturated rings. The second kappa shape index (κ2) is 6.99. The van der Waals surface area contributed by atoms with Crippen molar-refractivity contribution in [2.24, 2.45) is 4.99 Å². The summed E-state index contributed by atoms with van der Waals surface area (Å²) in [7, 11) is 1.66. The molecule has 0 atom stereocenters. The maximum atomic E-state index is 5.84. The van der Waals surface area contributed by atoms with Crippen LogP contribution in [0.4, 0.5) is 17.1 Å². The largest absolute Gasteiger partial charge is 0.496 e. The van der Waals surface area contributed by atoms with Crippen LogP contribution >= 0.6 is 11.8 Å². The molecule has 0 amide bonds. The van der Waals surface area contributed by atoms with Crippen molar-refractivity contribution in [2.45, 2.75) is 12.7 Å². The van der Waals surface area contributed by atoms with Gasteiger partial charge in [-0.3, -0.25) is 4.98 Å². The minimum atomic E-state index is 0.608. The van der Waals surface area contributed by atoms with Crippen LogP contribution in [0.25, 0.3) is 0 Å². The lowest BCUT2D eigenvalue weighted by molar-refractivity contribution is 0.410. The molecular weight excluding hydrogens is 284 g/mol. The number of thioether (sulfide) groups is 1. The summed E-state index contributed by atoms with van der Waals surface area (Å²) in [5.41, 5.74) is 17.3. The minimum Gasteiger partial charge on any atom is -0.496 e. The number of aromatic nitrogens is 1. The predicted molar refractivity (Wildman–Crippen MR) is 90.2 cm³/mol. The molecule has 2 aromatic rings. The monoisotopic (exact) mass is 302 g/mol. The summed E-state index contributed by atoms with van der Waals surface area (Å²) in [5.74, 6) is 1.56. The van der Waals surface area contributed by atoms with Crippen molar-refractivity contribution < 1.29 is 4.74 Å². The van der Waals surface area contributed by atoms with Crippen LogP contribution in [0, 0.1) is 6.92 Å². The number of methoxy groups -OCH3 is 1. The van der Waals surface area contributed by atoms with Gasteiger partial charge >= 0.3 is 0 Å². The SMILES string of the molecule is COc1ccnc(CSC=Nc2cc(N)ccc2N)c1C. The molecule has 1 aromatic carbocycles. The molecule has 0 radical (unpaired) electrons. The Balaban J connectivity index is 2.01. The van der Waals surface area contributed by atoms with Gasteiger partial charge in [-0.25, -0.2) is 4.99 Å². The highest BCUT2D eigenvalue weighted by molar-refractivity contribution is 8.11. The first-order valence-corrected chi connectivity index (χ1v) is 7.44. The van der Waals surface area contributed by atoms with Crippen LogP contribution in [-0.2, 0) is 5.75 Å². The molecule has 0 unspecified atom stereocenters. The van der Waals surface area contributed by atoms with E-state index < -0.39 is 0 Å². The molecule has 1 aromatic heterocycles. The molecule has 0 saturated heterocycles. The van der Waals surface area contributed by atoms with Gasteiger partial charge in [-0.15, -0.1) is 11.8 Å². The third-order valence-corrected chi connectivity index (χ3v) is 3.71. The van der Waals surface area contributed by atoms with E-state index in [9.17, 15) is 0 Å². The Labute approximate surface area is 128 Å². The zero-order valence-electron chi connectivity index (χ0n) is 12.0. The van der Waals surface area contributed by atoms with Gasteiger partial charge in [0.2, 0.25) is 0 Å². The van der Waals surface area contributed by atoms with Crippen molar-refractivity contribution in [1.29, 1.82) is 0 Å². The zero-order chi connectivity index (χ0) is 15.2. The number of pyridine rings is 1. The lowest BCUT2D eigenvalue weighted by atomic mass is 10.2. The normalized spacial score (nSPS) is 11.0. The number of hydrogen-bond donors (Lipinski definition) is 2. The van der Waals surface area contributed by atoms with Crippen molar-refractivity contribution in [3.63, 3.8) is 0 Å². The quantitative estimate of drug-likeness (QED) is 0.503. The van der Waals surface area contributed by atoms with Gasteiger partial charge in [0, 0.05) is 23.2 Å². The lowest BCUT2D eigenvalue weighted by Gasteiger charge is -2.07. The lowest BCUT2D eigenvalue weighted by Crippen LogP contribution is -1.95. The number of nitrogens with two attached hydrogens (primary N) is 2. The van der Waals surface area contributed by atoms with Crippen molar-refractivity contribution in [3.8, 4) is 5.75 Å². The van der Waals surface area contributed by atoms with E-state index in [-0.39, 0.29) is 0 Å². The first kappa shape index (κ1) is 15.2. The van der Waals surface area contributed by atoms with Crippen LogP contribution in [0.15, 0.2) is 35.5 Å². The summed E-state index contributed by atoms with van der Waals surface area (Å²) in [4.78, 5) is 8.68. The molecule has 0 aliphatic heterocycles.